The zero-order chi connectivity index (χ0) is 14.7. The summed E-state index contributed by atoms with van der Waals surface area (Å²) in [6.45, 7) is 2.04. The Morgan fingerprint density at radius 2 is 2.19 bits per heavy atom. The monoisotopic (exact) mass is 301 g/mol. The molecule has 0 aliphatic heterocycles. The van der Waals surface area contributed by atoms with E-state index in [1.54, 1.807) is 11.8 Å². The number of carbonyl (C=O) groups is 1. The number of aryl methyl sites for hydroxylation is 3. The van der Waals surface area contributed by atoms with E-state index < -0.39 is 0 Å². The van der Waals surface area contributed by atoms with Crippen LogP contribution in [0.2, 0.25) is 0 Å². The maximum Gasteiger partial charge on any atom is 0.235 e. The smallest absolute Gasteiger partial charge is 0.235 e. The summed E-state index contributed by atoms with van der Waals surface area (Å²) in [5.41, 5.74) is 3.93. The van der Waals surface area contributed by atoms with Crippen LogP contribution in [0.3, 0.4) is 0 Å². The summed E-state index contributed by atoms with van der Waals surface area (Å²) in [6.07, 6.45) is 4.50. The molecule has 0 bridgehead atoms. The van der Waals surface area contributed by atoms with Crippen LogP contribution in [0, 0.1) is 0 Å². The van der Waals surface area contributed by atoms with Crippen molar-refractivity contribution in [2.75, 3.05) is 11.1 Å². The van der Waals surface area contributed by atoms with Gasteiger partial charge in [-0.1, -0.05) is 13.0 Å². The number of rotatable bonds is 5. The first-order valence-electron chi connectivity index (χ1n) is 7.33. The largest absolute Gasteiger partial charge is 0.308 e. The predicted molar refractivity (Wildman–Crippen MR) is 85.8 cm³/mol. The Balaban J connectivity index is 1.53. The molecule has 1 heterocycles. The molecule has 0 unspecified atom stereocenters. The van der Waals surface area contributed by atoms with Gasteiger partial charge in [0.1, 0.15) is 0 Å². The zero-order valence-electron chi connectivity index (χ0n) is 12.1. The Morgan fingerprint density at radius 1 is 1.33 bits per heavy atom. The number of nitrogens with zero attached hydrogens (tertiary/aromatic N) is 1. The first-order chi connectivity index (χ1) is 10.2. The van der Waals surface area contributed by atoms with Crippen LogP contribution < -0.4 is 5.32 Å². The highest BCUT2D eigenvalue weighted by Crippen LogP contribution is 2.27. The van der Waals surface area contributed by atoms with Crippen molar-refractivity contribution in [3.8, 4) is 0 Å². The molecule has 1 amide bonds. The second-order valence-corrected chi connectivity index (χ2v) is 6.30. The van der Waals surface area contributed by atoms with E-state index in [4.69, 9.17) is 0 Å². The fourth-order valence-electron chi connectivity index (χ4n) is 2.57. The summed E-state index contributed by atoms with van der Waals surface area (Å²) >= 11 is 1.58. The number of thioether (sulfide) groups is 1. The van der Waals surface area contributed by atoms with E-state index in [0.29, 0.717) is 11.6 Å². The van der Waals surface area contributed by atoms with Crippen LogP contribution in [-0.4, -0.2) is 21.9 Å². The normalized spacial score (nSPS) is 13.2. The van der Waals surface area contributed by atoms with Crippen LogP contribution in [0.15, 0.2) is 29.2 Å². The van der Waals surface area contributed by atoms with Gasteiger partial charge < -0.3 is 5.32 Å². The second kappa shape index (κ2) is 6.35. The molecule has 0 atom stereocenters. The van der Waals surface area contributed by atoms with Crippen molar-refractivity contribution in [2.45, 2.75) is 37.5 Å². The molecule has 3 rings (SSSR count). The quantitative estimate of drug-likeness (QED) is 0.834. The van der Waals surface area contributed by atoms with Crippen LogP contribution in [0.25, 0.3) is 0 Å². The third-order valence-electron chi connectivity index (χ3n) is 3.72. The Bertz CT molecular complexity index is 651. The Hall–Kier alpha value is -1.75. The number of H-pyrrole nitrogens is 1. The first kappa shape index (κ1) is 14.2. The maximum absolute atomic E-state index is 11.9. The molecule has 5 heteroatoms. The minimum Gasteiger partial charge on any atom is -0.308 e. The molecule has 4 nitrogen and oxygen atoms in total. The Kier molecular flexibility index (Phi) is 4.29. The van der Waals surface area contributed by atoms with Gasteiger partial charge in [-0.25, -0.2) is 0 Å². The lowest BCUT2D eigenvalue weighted by Crippen LogP contribution is -2.14. The van der Waals surface area contributed by atoms with Crippen molar-refractivity contribution >= 4 is 23.5 Å². The number of anilines is 1. The van der Waals surface area contributed by atoms with Crippen molar-refractivity contribution < 1.29 is 4.79 Å². The van der Waals surface area contributed by atoms with Crippen molar-refractivity contribution in [2.24, 2.45) is 0 Å². The van der Waals surface area contributed by atoms with Crippen molar-refractivity contribution in [3.63, 3.8) is 0 Å². The molecule has 1 aromatic heterocycles. The standard InChI is InChI=1S/C16H19N3OS/c1-2-13-9-15(19-18-13)17-16(20)10-21-14-7-6-11-4-3-5-12(11)8-14/h6-9H,2-5,10H2,1H3,(H2,17,18,19,20). The number of hydrogen-bond acceptors (Lipinski definition) is 3. The van der Waals surface area contributed by atoms with Gasteiger partial charge in [0.05, 0.1) is 5.75 Å². The molecular weight excluding hydrogens is 282 g/mol. The lowest BCUT2D eigenvalue weighted by Gasteiger charge is -2.05. The number of fused-ring (bicyclic) bond motifs is 1. The highest BCUT2D eigenvalue weighted by atomic mass is 32.2. The SMILES string of the molecule is CCc1cc(NC(=O)CSc2ccc3c(c2)CCC3)n[nH]1. The van der Waals surface area contributed by atoms with Gasteiger partial charge in [-0.05, 0) is 48.9 Å². The van der Waals surface area contributed by atoms with E-state index in [-0.39, 0.29) is 5.91 Å². The lowest BCUT2D eigenvalue weighted by atomic mass is 10.1. The number of amides is 1. The van der Waals surface area contributed by atoms with Gasteiger partial charge in [0.15, 0.2) is 5.82 Å². The van der Waals surface area contributed by atoms with Gasteiger partial charge in [0, 0.05) is 16.7 Å². The lowest BCUT2D eigenvalue weighted by molar-refractivity contribution is -0.113. The summed E-state index contributed by atoms with van der Waals surface area (Å²) in [5.74, 6) is 0.994. The molecule has 0 radical (unpaired) electrons. The molecule has 21 heavy (non-hydrogen) atoms. The van der Waals surface area contributed by atoms with E-state index >= 15 is 0 Å². The van der Waals surface area contributed by atoms with E-state index in [1.807, 2.05) is 13.0 Å². The van der Waals surface area contributed by atoms with Crippen molar-refractivity contribution in [1.82, 2.24) is 10.2 Å². The summed E-state index contributed by atoms with van der Waals surface area (Å²) in [4.78, 5) is 13.1. The summed E-state index contributed by atoms with van der Waals surface area (Å²) in [6, 6.07) is 8.41. The van der Waals surface area contributed by atoms with Gasteiger partial charge in [-0.15, -0.1) is 11.8 Å². The van der Waals surface area contributed by atoms with Gasteiger partial charge in [-0.2, -0.15) is 5.10 Å². The van der Waals surface area contributed by atoms with Gasteiger partial charge in [0.2, 0.25) is 5.91 Å². The van der Waals surface area contributed by atoms with Crippen LogP contribution in [0.1, 0.15) is 30.2 Å². The highest BCUT2D eigenvalue weighted by Gasteiger charge is 2.12. The average molecular weight is 301 g/mol. The fourth-order valence-corrected chi connectivity index (χ4v) is 3.33. The van der Waals surface area contributed by atoms with Crippen LogP contribution >= 0.6 is 11.8 Å². The summed E-state index contributed by atoms with van der Waals surface area (Å²) < 4.78 is 0. The third-order valence-corrected chi connectivity index (χ3v) is 4.71. The number of nitrogens with one attached hydrogen (secondary N) is 2. The molecule has 2 aromatic rings. The minimum atomic E-state index is -0.0188. The van der Waals surface area contributed by atoms with Crippen LogP contribution in [0.5, 0.6) is 0 Å². The van der Waals surface area contributed by atoms with Crippen LogP contribution in [-0.2, 0) is 24.1 Å². The van der Waals surface area contributed by atoms with E-state index in [9.17, 15) is 4.79 Å². The number of hydrogen-bond donors (Lipinski definition) is 2. The molecule has 1 aliphatic rings. The molecule has 0 fully saturated rings. The Labute approximate surface area is 128 Å². The predicted octanol–water partition coefficient (Wildman–Crippen LogP) is 3.19. The molecule has 2 N–H and O–H groups in total. The molecule has 1 aromatic carbocycles. The van der Waals surface area contributed by atoms with Gasteiger partial charge >= 0.3 is 0 Å². The first-order valence-corrected chi connectivity index (χ1v) is 8.32. The van der Waals surface area contributed by atoms with Gasteiger partial charge in [-0.3, -0.25) is 9.89 Å². The summed E-state index contributed by atoms with van der Waals surface area (Å²) in [7, 11) is 0. The molecule has 0 spiro atoms. The van der Waals surface area contributed by atoms with E-state index in [2.05, 4.69) is 33.7 Å². The Morgan fingerprint density at radius 3 is 3.00 bits per heavy atom. The topological polar surface area (TPSA) is 57.8 Å². The molecule has 0 saturated heterocycles. The van der Waals surface area contributed by atoms with Crippen LogP contribution in [0.4, 0.5) is 5.82 Å². The number of aromatic nitrogens is 2. The number of carbonyl (C=O) groups excluding carboxylic acids is 1. The number of aromatic amines is 1. The maximum atomic E-state index is 11.9. The van der Waals surface area contributed by atoms with Crippen molar-refractivity contribution in [3.05, 3.63) is 41.1 Å². The summed E-state index contributed by atoms with van der Waals surface area (Å²) in [5, 5.41) is 9.77. The highest BCUT2D eigenvalue weighted by molar-refractivity contribution is 8.00. The van der Waals surface area contributed by atoms with Gasteiger partial charge in [0.25, 0.3) is 0 Å². The fraction of sp³-hybridized carbons (Fsp3) is 0.375. The third kappa shape index (κ3) is 3.47. The van der Waals surface area contributed by atoms with E-state index in [1.165, 1.54) is 35.3 Å². The zero-order valence-corrected chi connectivity index (χ0v) is 12.9. The molecular formula is C16H19N3OS. The average Bonchev–Trinajstić information content (AvgIpc) is 3.13. The minimum absolute atomic E-state index is 0.0188. The van der Waals surface area contributed by atoms with E-state index in [0.717, 1.165) is 12.1 Å². The van der Waals surface area contributed by atoms with Crippen molar-refractivity contribution in [1.29, 1.82) is 0 Å². The second-order valence-electron chi connectivity index (χ2n) is 5.25. The molecule has 110 valence electrons. The molecule has 1 aliphatic carbocycles. The number of benzene rings is 1. The molecule has 0 saturated carbocycles.